The van der Waals surface area contributed by atoms with E-state index >= 15 is 0 Å². The van der Waals surface area contributed by atoms with Crippen molar-refractivity contribution in [2.75, 3.05) is 19.8 Å². The van der Waals surface area contributed by atoms with Crippen molar-refractivity contribution in [3.05, 3.63) is 0 Å². The molecular formula is C16H30N2O3. The van der Waals surface area contributed by atoms with Crippen molar-refractivity contribution in [3.63, 3.8) is 0 Å². The van der Waals surface area contributed by atoms with Crippen LogP contribution in [-0.2, 0) is 14.3 Å². The maximum Gasteiger partial charge on any atom is 0.246 e. The van der Waals surface area contributed by atoms with Gasteiger partial charge in [0.2, 0.25) is 11.8 Å². The van der Waals surface area contributed by atoms with E-state index in [1.165, 1.54) is 0 Å². The number of carbonyl (C=O) groups is 2. The summed E-state index contributed by atoms with van der Waals surface area (Å²) in [5.74, 6) is 0.161. The largest absolute Gasteiger partial charge is 0.381 e. The minimum Gasteiger partial charge on any atom is -0.381 e. The fourth-order valence-corrected chi connectivity index (χ4v) is 2.46. The summed E-state index contributed by atoms with van der Waals surface area (Å²) in [5.41, 5.74) is 0. The van der Waals surface area contributed by atoms with Crippen LogP contribution in [-0.4, -0.2) is 48.6 Å². The number of hydrogen-bond donors (Lipinski definition) is 1. The maximum atomic E-state index is 12.5. The number of piperazine rings is 1. The molecule has 1 rings (SSSR count). The molecule has 0 aromatic carbocycles. The predicted molar refractivity (Wildman–Crippen MR) is 82.9 cm³/mol. The average molecular weight is 298 g/mol. The van der Waals surface area contributed by atoms with Gasteiger partial charge in [-0.15, -0.1) is 0 Å². The van der Waals surface area contributed by atoms with Crippen molar-refractivity contribution in [1.29, 1.82) is 0 Å². The van der Waals surface area contributed by atoms with Crippen LogP contribution >= 0.6 is 0 Å². The Morgan fingerprint density at radius 2 is 1.90 bits per heavy atom. The molecule has 1 saturated heterocycles. The van der Waals surface area contributed by atoms with Gasteiger partial charge < -0.3 is 15.0 Å². The minimum atomic E-state index is -0.381. The van der Waals surface area contributed by atoms with Gasteiger partial charge in [0.05, 0.1) is 0 Å². The maximum absolute atomic E-state index is 12.5. The third-order valence-corrected chi connectivity index (χ3v) is 4.24. The molecule has 0 saturated carbocycles. The van der Waals surface area contributed by atoms with Gasteiger partial charge in [0.15, 0.2) is 0 Å². The van der Waals surface area contributed by atoms with Gasteiger partial charge in [-0.3, -0.25) is 9.59 Å². The summed E-state index contributed by atoms with van der Waals surface area (Å²) in [6, 6.07) is -0.756. The highest BCUT2D eigenvalue weighted by Crippen LogP contribution is 2.18. The van der Waals surface area contributed by atoms with Gasteiger partial charge in [0.25, 0.3) is 0 Å². The molecule has 21 heavy (non-hydrogen) atoms. The van der Waals surface area contributed by atoms with E-state index < -0.39 is 0 Å². The Morgan fingerprint density at radius 1 is 1.24 bits per heavy atom. The summed E-state index contributed by atoms with van der Waals surface area (Å²) in [6.07, 6.45) is 3.84. The zero-order valence-corrected chi connectivity index (χ0v) is 13.9. The fraction of sp³-hybridized carbons (Fsp3) is 0.875. The average Bonchev–Trinajstić information content (AvgIpc) is 2.48. The Morgan fingerprint density at radius 3 is 2.52 bits per heavy atom. The summed E-state index contributed by atoms with van der Waals surface area (Å²) in [5, 5.41) is 2.85. The molecule has 0 radical (unpaired) electrons. The first-order valence-electron chi connectivity index (χ1n) is 8.21. The van der Waals surface area contributed by atoms with Gasteiger partial charge >= 0.3 is 0 Å². The third-order valence-electron chi connectivity index (χ3n) is 4.24. The molecule has 5 nitrogen and oxygen atoms in total. The molecule has 3 unspecified atom stereocenters. The van der Waals surface area contributed by atoms with Gasteiger partial charge in [0, 0.05) is 19.8 Å². The monoisotopic (exact) mass is 298 g/mol. The summed E-state index contributed by atoms with van der Waals surface area (Å²) < 4.78 is 5.52. The molecule has 0 aliphatic carbocycles. The van der Waals surface area contributed by atoms with Crippen LogP contribution in [0.5, 0.6) is 0 Å². The molecule has 1 aliphatic rings. The molecule has 0 bridgehead atoms. The highest BCUT2D eigenvalue weighted by atomic mass is 16.5. The molecule has 2 amide bonds. The number of nitrogens with one attached hydrogen (secondary N) is 1. The van der Waals surface area contributed by atoms with Gasteiger partial charge in [-0.25, -0.2) is 0 Å². The molecule has 0 aromatic heterocycles. The molecule has 1 fully saturated rings. The van der Waals surface area contributed by atoms with Crippen LogP contribution < -0.4 is 5.32 Å². The van der Waals surface area contributed by atoms with Gasteiger partial charge in [0.1, 0.15) is 12.1 Å². The van der Waals surface area contributed by atoms with Crippen LogP contribution in [0.1, 0.15) is 53.4 Å². The molecule has 122 valence electrons. The SMILES string of the molecule is CCCCOCCCN1C(=O)C(C(C)CC)NC(=O)C1C. The van der Waals surface area contributed by atoms with E-state index in [-0.39, 0.29) is 29.8 Å². The van der Waals surface area contributed by atoms with Crippen molar-refractivity contribution in [3.8, 4) is 0 Å². The van der Waals surface area contributed by atoms with Crippen molar-refractivity contribution in [2.45, 2.75) is 65.5 Å². The molecule has 1 heterocycles. The lowest BCUT2D eigenvalue weighted by Gasteiger charge is -2.39. The lowest BCUT2D eigenvalue weighted by atomic mass is 9.94. The van der Waals surface area contributed by atoms with E-state index in [0.29, 0.717) is 13.2 Å². The van der Waals surface area contributed by atoms with Crippen LogP contribution in [0.2, 0.25) is 0 Å². The first-order chi connectivity index (χ1) is 10.0. The van der Waals surface area contributed by atoms with Crippen LogP contribution in [0.15, 0.2) is 0 Å². The van der Waals surface area contributed by atoms with Crippen molar-refractivity contribution in [2.24, 2.45) is 5.92 Å². The summed E-state index contributed by atoms with van der Waals surface area (Å²) in [6.45, 7) is 9.97. The van der Waals surface area contributed by atoms with Crippen LogP contribution in [0.25, 0.3) is 0 Å². The van der Waals surface area contributed by atoms with Crippen LogP contribution in [0, 0.1) is 5.92 Å². The minimum absolute atomic E-state index is 0.0463. The number of unbranched alkanes of at least 4 members (excludes halogenated alkanes) is 1. The Bertz CT molecular complexity index is 346. The Kier molecular flexibility index (Phi) is 7.72. The Balaban J connectivity index is 2.49. The van der Waals surface area contributed by atoms with E-state index in [9.17, 15) is 9.59 Å². The standard InChI is InChI=1S/C16H30N2O3/c1-5-7-10-21-11-8-9-18-13(4)15(19)17-14(16(18)20)12(3)6-2/h12-14H,5-11H2,1-4H3,(H,17,19). The van der Waals surface area contributed by atoms with Crippen molar-refractivity contribution < 1.29 is 14.3 Å². The molecule has 0 spiro atoms. The predicted octanol–water partition coefficient (Wildman–Crippen LogP) is 1.95. The van der Waals surface area contributed by atoms with E-state index in [4.69, 9.17) is 4.74 Å². The summed E-state index contributed by atoms with van der Waals surface area (Å²) in [7, 11) is 0. The summed E-state index contributed by atoms with van der Waals surface area (Å²) in [4.78, 5) is 26.2. The fourth-order valence-electron chi connectivity index (χ4n) is 2.46. The smallest absolute Gasteiger partial charge is 0.246 e. The van der Waals surface area contributed by atoms with Crippen molar-refractivity contribution >= 4 is 11.8 Å². The number of hydrogen-bond acceptors (Lipinski definition) is 3. The molecule has 3 atom stereocenters. The van der Waals surface area contributed by atoms with Crippen LogP contribution in [0.4, 0.5) is 0 Å². The topological polar surface area (TPSA) is 58.6 Å². The number of carbonyl (C=O) groups excluding carboxylic acids is 2. The number of nitrogens with zero attached hydrogens (tertiary/aromatic N) is 1. The lowest BCUT2D eigenvalue weighted by molar-refractivity contribution is -0.150. The molecule has 1 aliphatic heterocycles. The zero-order valence-electron chi connectivity index (χ0n) is 13.9. The molecule has 5 heteroatoms. The molecule has 0 aromatic rings. The zero-order chi connectivity index (χ0) is 15.8. The third kappa shape index (κ3) is 4.99. The van der Waals surface area contributed by atoms with E-state index in [0.717, 1.165) is 32.3 Å². The number of rotatable bonds is 9. The number of amides is 2. The van der Waals surface area contributed by atoms with Gasteiger partial charge in [-0.1, -0.05) is 33.6 Å². The second-order valence-corrected chi connectivity index (χ2v) is 5.90. The Hall–Kier alpha value is -1.10. The highest BCUT2D eigenvalue weighted by Gasteiger charge is 2.39. The second kappa shape index (κ2) is 9.03. The first kappa shape index (κ1) is 18.0. The quantitative estimate of drug-likeness (QED) is 0.662. The van der Waals surface area contributed by atoms with Crippen molar-refractivity contribution in [1.82, 2.24) is 10.2 Å². The van der Waals surface area contributed by atoms with E-state index in [2.05, 4.69) is 12.2 Å². The number of ether oxygens (including phenoxy) is 1. The Labute approximate surface area is 128 Å². The first-order valence-corrected chi connectivity index (χ1v) is 8.21. The van der Waals surface area contributed by atoms with Gasteiger partial charge in [-0.2, -0.15) is 0 Å². The lowest BCUT2D eigenvalue weighted by Crippen LogP contribution is -2.64. The summed E-state index contributed by atoms with van der Waals surface area (Å²) >= 11 is 0. The van der Waals surface area contributed by atoms with Crippen LogP contribution in [0.3, 0.4) is 0 Å². The molecular weight excluding hydrogens is 268 g/mol. The molecule has 1 N–H and O–H groups in total. The van der Waals surface area contributed by atoms with Gasteiger partial charge in [-0.05, 0) is 25.7 Å². The second-order valence-electron chi connectivity index (χ2n) is 5.90. The van der Waals surface area contributed by atoms with E-state index in [1.807, 2.05) is 13.8 Å². The highest BCUT2D eigenvalue weighted by molar-refractivity contribution is 5.96. The van der Waals surface area contributed by atoms with E-state index in [1.54, 1.807) is 11.8 Å². The normalized spacial score (nSPS) is 24.1.